The Morgan fingerprint density at radius 3 is 2.50 bits per heavy atom. The zero-order valence-corrected chi connectivity index (χ0v) is 13.8. The molecule has 1 aromatic rings. The number of hydrogen-bond donors (Lipinski definition) is 1. The summed E-state index contributed by atoms with van der Waals surface area (Å²) in [6.45, 7) is 5.55. The molecule has 0 aliphatic heterocycles. The third kappa shape index (κ3) is 3.35. The third-order valence-corrected chi connectivity index (χ3v) is 7.16. The molecule has 1 aliphatic rings. The molecule has 1 aromatic heterocycles. The van der Waals surface area contributed by atoms with Crippen LogP contribution in [-0.4, -0.2) is 39.4 Å². The minimum atomic E-state index is -3.09. The fraction of sp³-hybridized carbons (Fsp3) is 0.833. The van der Waals surface area contributed by atoms with Crippen molar-refractivity contribution in [3.63, 3.8) is 0 Å². The molecule has 0 spiro atoms. The van der Waals surface area contributed by atoms with Crippen LogP contribution in [0.25, 0.3) is 0 Å². The lowest BCUT2D eigenvalue weighted by Crippen LogP contribution is -2.31. The van der Waals surface area contributed by atoms with Gasteiger partial charge in [0.2, 0.25) is 0 Å². The maximum Gasteiger partial charge on any atom is 0.191 e. The molecular formula is C12H22N4O2S2. The molecular weight excluding hydrogens is 296 g/mol. The summed E-state index contributed by atoms with van der Waals surface area (Å²) in [6.07, 6.45) is 2.25. The van der Waals surface area contributed by atoms with E-state index in [0.717, 1.165) is 23.8 Å². The molecule has 8 heteroatoms. The van der Waals surface area contributed by atoms with E-state index in [9.17, 15) is 8.42 Å². The molecule has 114 valence electrons. The van der Waals surface area contributed by atoms with Crippen molar-refractivity contribution in [3.05, 3.63) is 5.82 Å². The second kappa shape index (κ2) is 5.65. The Balaban J connectivity index is 2.00. The van der Waals surface area contributed by atoms with Crippen LogP contribution < -0.4 is 5.73 Å². The fourth-order valence-corrected chi connectivity index (χ4v) is 4.29. The standard InChI is InChI=1S/C12H22N4O2S2/c1-12(2,3)20(17,18)7-6-19-11-15-14-10(8-13)16(11)9-4-5-9/h9H,4-8,13H2,1-3H3. The predicted molar refractivity (Wildman–Crippen MR) is 80.4 cm³/mol. The van der Waals surface area contributed by atoms with Gasteiger partial charge in [-0.1, -0.05) is 11.8 Å². The summed E-state index contributed by atoms with van der Waals surface area (Å²) < 4.78 is 25.5. The minimum Gasteiger partial charge on any atom is -0.324 e. The average molecular weight is 318 g/mol. The van der Waals surface area contributed by atoms with Gasteiger partial charge in [0.05, 0.1) is 17.0 Å². The summed E-state index contributed by atoms with van der Waals surface area (Å²) in [6, 6.07) is 0.449. The Hall–Kier alpha value is -0.600. The minimum absolute atomic E-state index is 0.149. The van der Waals surface area contributed by atoms with Crippen LogP contribution in [0, 0.1) is 0 Å². The van der Waals surface area contributed by atoms with Crippen molar-refractivity contribution < 1.29 is 8.42 Å². The molecule has 0 bridgehead atoms. The molecule has 0 unspecified atom stereocenters. The van der Waals surface area contributed by atoms with Gasteiger partial charge in [-0.3, -0.25) is 0 Å². The van der Waals surface area contributed by atoms with Gasteiger partial charge in [-0.2, -0.15) is 0 Å². The largest absolute Gasteiger partial charge is 0.324 e. The van der Waals surface area contributed by atoms with E-state index in [1.807, 2.05) is 0 Å². The number of aromatic nitrogens is 3. The van der Waals surface area contributed by atoms with Crippen molar-refractivity contribution in [3.8, 4) is 0 Å². The van der Waals surface area contributed by atoms with Gasteiger partial charge in [-0.25, -0.2) is 8.42 Å². The Labute approximate surface area is 124 Å². The summed E-state index contributed by atoms with van der Waals surface area (Å²) >= 11 is 1.45. The molecule has 2 rings (SSSR count). The summed E-state index contributed by atoms with van der Waals surface area (Å²) in [7, 11) is -3.09. The van der Waals surface area contributed by atoms with Gasteiger partial charge < -0.3 is 10.3 Å². The van der Waals surface area contributed by atoms with Gasteiger partial charge in [0, 0.05) is 11.8 Å². The highest BCUT2D eigenvalue weighted by atomic mass is 32.2. The van der Waals surface area contributed by atoms with E-state index in [1.165, 1.54) is 11.8 Å². The van der Waals surface area contributed by atoms with E-state index < -0.39 is 14.6 Å². The quantitative estimate of drug-likeness (QED) is 0.797. The first kappa shape index (κ1) is 15.8. The van der Waals surface area contributed by atoms with Crippen LogP contribution in [0.3, 0.4) is 0 Å². The van der Waals surface area contributed by atoms with Crippen molar-refractivity contribution in [2.24, 2.45) is 5.73 Å². The maximum atomic E-state index is 12.1. The highest BCUT2D eigenvalue weighted by Crippen LogP contribution is 2.38. The van der Waals surface area contributed by atoms with Gasteiger partial charge in [-0.05, 0) is 33.6 Å². The van der Waals surface area contributed by atoms with E-state index in [1.54, 1.807) is 20.8 Å². The van der Waals surface area contributed by atoms with Gasteiger partial charge >= 0.3 is 0 Å². The maximum absolute atomic E-state index is 12.1. The number of hydrogen-bond acceptors (Lipinski definition) is 6. The van der Waals surface area contributed by atoms with Gasteiger partial charge in [-0.15, -0.1) is 10.2 Å². The molecule has 1 aliphatic carbocycles. The molecule has 2 N–H and O–H groups in total. The Morgan fingerprint density at radius 1 is 1.35 bits per heavy atom. The number of nitrogens with two attached hydrogens (primary N) is 1. The van der Waals surface area contributed by atoms with Crippen molar-refractivity contribution in [1.29, 1.82) is 0 Å². The summed E-state index contributed by atoms with van der Waals surface area (Å²) in [5, 5.41) is 9.00. The zero-order valence-electron chi connectivity index (χ0n) is 12.2. The van der Waals surface area contributed by atoms with Crippen molar-refractivity contribution in [2.75, 3.05) is 11.5 Å². The summed E-state index contributed by atoms with van der Waals surface area (Å²) in [4.78, 5) is 0. The molecule has 6 nitrogen and oxygen atoms in total. The van der Waals surface area contributed by atoms with Gasteiger partial charge in [0.25, 0.3) is 0 Å². The summed E-state index contributed by atoms with van der Waals surface area (Å²) in [5.74, 6) is 1.43. The van der Waals surface area contributed by atoms with Crippen LogP contribution in [-0.2, 0) is 16.4 Å². The van der Waals surface area contributed by atoms with Gasteiger partial charge in [0.1, 0.15) is 5.82 Å². The lowest BCUT2D eigenvalue weighted by molar-refractivity contribution is 0.562. The topological polar surface area (TPSA) is 90.9 Å². The van der Waals surface area contributed by atoms with E-state index in [0.29, 0.717) is 18.3 Å². The van der Waals surface area contributed by atoms with Crippen LogP contribution >= 0.6 is 11.8 Å². The van der Waals surface area contributed by atoms with E-state index in [-0.39, 0.29) is 5.75 Å². The number of thioether (sulfide) groups is 1. The number of sulfone groups is 1. The Kier molecular flexibility index (Phi) is 4.46. The van der Waals surface area contributed by atoms with E-state index in [2.05, 4.69) is 14.8 Å². The van der Waals surface area contributed by atoms with Crippen LogP contribution in [0.4, 0.5) is 0 Å². The Morgan fingerprint density at radius 2 is 2.00 bits per heavy atom. The SMILES string of the molecule is CC(C)(C)S(=O)(=O)CCSc1nnc(CN)n1C1CC1. The second-order valence-corrected chi connectivity index (χ2v) is 9.91. The lowest BCUT2D eigenvalue weighted by atomic mass is 10.3. The molecule has 0 radical (unpaired) electrons. The van der Waals surface area contributed by atoms with Crippen molar-refractivity contribution in [1.82, 2.24) is 14.8 Å². The molecule has 0 saturated heterocycles. The molecule has 0 atom stereocenters. The molecule has 20 heavy (non-hydrogen) atoms. The van der Waals surface area contributed by atoms with Crippen LogP contribution in [0.15, 0.2) is 5.16 Å². The number of rotatable bonds is 6. The smallest absolute Gasteiger partial charge is 0.191 e. The highest BCUT2D eigenvalue weighted by molar-refractivity contribution is 8.00. The highest BCUT2D eigenvalue weighted by Gasteiger charge is 2.31. The first-order valence-electron chi connectivity index (χ1n) is 6.75. The predicted octanol–water partition coefficient (Wildman–Crippen LogP) is 1.38. The van der Waals surface area contributed by atoms with Crippen LogP contribution in [0.1, 0.15) is 45.5 Å². The number of nitrogens with zero attached hydrogens (tertiary/aromatic N) is 3. The molecule has 0 aromatic carbocycles. The van der Waals surface area contributed by atoms with Crippen LogP contribution in [0.2, 0.25) is 0 Å². The average Bonchev–Trinajstić information content (AvgIpc) is 3.09. The Bertz CT molecular complexity index is 571. The van der Waals surface area contributed by atoms with Crippen LogP contribution in [0.5, 0.6) is 0 Å². The molecule has 1 saturated carbocycles. The third-order valence-electron chi connectivity index (χ3n) is 3.35. The zero-order chi connectivity index (χ0) is 15.0. The van der Waals surface area contributed by atoms with E-state index in [4.69, 9.17) is 5.73 Å². The lowest BCUT2D eigenvalue weighted by Gasteiger charge is -2.18. The van der Waals surface area contributed by atoms with Gasteiger partial charge in [0.15, 0.2) is 15.0 Å². The first-order valence-corrected chi connectivity index (χ1v) is 9.39. The first-order chi connectivity index (χ1) is 9.26. The van der Waals surface area contributed by atoms with E-state index >= 15 is 0 Å². The second-order valence-electron chi connectivity index (χ2n) is 5.98. The molecule has 1 heterocycles. The van der Waals surface area contributed by atoms with Crippen molar-refractivity contribution in [2.45, 2.75) is 56.1 Å². The molecule has 0 amide bonds. The summed E-state index contributed by atoms with van der Waals surface area (Å²) in [5.41, 5.74) is 5.66. The normalized spacial score (nSPS) is 16.6. The van der Waals surface area contributed by atoms with Crippen molar-refractivity contribution >= 4 is 21.6 Å². The molecule has 1 fully saturated rings. The monoisotopic (exact) mass is 318 g/mol. The fourth-order valence-electron chi connectivity index (χ4n) is 1.79.